The second kappa shape index (κ2) is 6.08. The summed E-state index contributed by atoms with van der Waals surface area (Å²) in [4.78, 5) is 8.21. The second-order valence-electron chi connectivity index (χ2n) is 2.55. The first-order valence-electron chi connectivity index (χ1n) is 4.52. The highest BCUT2D eigenvalue weighted by Crippen LogP contribution is 2.10. The number of nitrogens with zero attached hydrogens (tertiary/aromatic N) is 2. The van der Waals surface area contributed by atoms with Crippen LogP contribution >= 0.6 is 0 Å². The Labute approximate surface area is 86.0 Å². The maximum atomic E-state index is 4.18. The van der Waals surface area contributed by atoms with Crippen molar-refractivity contribution in [2.45, 2.75) is 28.2 Å². The van der Waals surface area contributed by atoms with Gasteiger partial charge in [-0.3, -0.25) is 9.97 Å². The van der Waals surface area contributed by atoms with Crippen LogP contribution in [-0.2, 0) is 0 Å². The van der Waals surface area contributed by atoms with E-state index in [1.165, 1.54) is 0 Å². The molecule has 0 bridgehead atoms. The van der Waals surface area contributed by atoms with E-state index in [1.807, 2.05) is 45.3 Å². The third-order valence-electron chi connectivity index (χ3n) is 1.66. The van der Waals surface area contributed by atoms with Crippen LogP contribution < -0.4 is 0 Å². The summed E-state index contributed by atoms with van der Waals surface area (Å²) in [7, 11) is 0. The summed E-state index contributed by atoms with van der Waals surface area (Å²) < 4.78 is 0. The molecular formula is C12H18N2. The predicted molar refractivity (Wildman–Crippen MR) is 62.4 cm³/mol. The number of hydrogen-bond acceptors (Lipinski definition) is 2. The van der Waals surface area contributed by atoms with Gasteiger partial charge in [0.05, 0.1) is 0 Å². The summed E-state index contributed by atoms with van der Waals surface area (Å²) >= 11 is 0. The van der Waals surface area contributed by atoms with Gasteiger partial charge in [-0.15, -0.1) is 0 Å². The molecule has 0 fully saturated rings. The Morgan fingerprint density at radius 2 is 1.79 bits per heavy atom. The Morgan fingerprint density at radius 3 is 2.50 bits per heavy atom. The molecule has 0 N–H and O–H groups in total. The van der Waals surface area contributed by atoms with Crippen molar-refractivity contribution in [3.05, 3.63) is 36.4 Å². The van der Waals surface area contributed by atoms with E-state index in [4.69, 9.17) is 0 Å². The van der Waals surface area contributed by atoms with Gasteiger partial charge in [0.2, 0.25) is 0 Å². The first-order valence-corrected chi connectivity index (χ1v) is 4.52. The van der Waals surface area contributed by atoms with E-state index in [0.29, 0.717) is 0 Å². The van der Waals surface area contributed by atoms with E-state index in [1.54, 1.807) is 6.20 Å². The van der Waals surface area contributed by atoms with E-state index < -0.39 is 0 Å². The first kappa shape index (κ1) is 12.6. The van der Waals surface area contributed by atoms with Crippen LogP contribution in [0.3, 0.4) is 0 Å². The molecule has 0 spiro atoms. The molecule has 2 rings (SSSR count). The minimum atomic E-state index is 0. The second-order valence-corrected chi connectivity index (χ2v) is 2.55. The summed E-state index contributed by atoms with van der Waals surface area (Å²) in [5.41, 5.74) is 1.03. The zero-order valence-electron chi connectivity index (χ0n) is 8.28. The minimum Gasteiger partial charge on any atom is -0.264 e. The lowest BCUT2D eigenvalue weighted by Crippen LogP contribution is -1.81. The number of fused-ring (bicyclic) bond motifs is 1. The van der Waals surface area contributed by atoms with E-state index >= 15 is 0 Å². The molecule has 0 aliphatic heterocycles. The van der Waals surface area contributed by atoms with Crippen LogP contribution in [0.1, 0.15) is 27.0 Å². The van der Waals surface area contributed by atoms with Crippen LogP contribution in [0, 0.1) is 6.92 Å². The smallest absolute Gasteiger partial charge is 0.0379 e. The lowest BCUT2D eigenvalue weighted by molar-refractivity contribution is 1.22. The van der Waals surface area contributed by atoms with Crippen LogP contribution in [-0.4, -0.2) is 9.97 Å². The number of pyridine rings is 2. The van der Waals surface area contributed by atoms with Crippen molar-refractivity contribution in [3.8, 4) is 0 Å². The molecule has 0 atom stereocenters. The van der Waals surface area contributed by atoms with Crippen molar-refractivity contribution < 1.29 is 0 Å². The molecular weight excluding hydrogens is 172 g/mol. The Morgan fingerprint density at radius 1 is 1.07 bits per heavy atom. The van der Waals surface area contributed by atoms with Crippen molar-refractivity contribution in [1.29, 1.82) is 0 Å². The Bertz CT molecular complexity index is 383. The number of rotatable bonds is 0. The van der Waals surface area contributed by atoms with Gasteiger partial charge in [0.15, 0.2) is 0 Å². The fourth-order valence-corrected chi connectivity index (χ4v) is 1.09. The molecule has 2 aromatic heterocycles. The van der Waals surface area contributed by atoms with Gasteiger partial charge < -0.3 is 0 Å². The lowest BCUT2D eigenvalue weighted by atomic mass is 10.2. The standard InChI is InChI=1S/C9H8N2.C2H6.CH4/c1-7-4-9-5-10-3-2-8(9)6-11-7;1-2;/h2-6H,1H3;1-2H3;1H4. The lowest BCUT2D eigenvalue weighted by Gasteiger charge is -1.95. The van der Waals surface area contributed by atoms with Gasteiger partial charge >= 0.3 is 0 Å². The fourth-order valence-electron chi connectivity index (χ4n) is 1.09. The highest BCUT2D eigenvalue weighted by Gasteiger charge is 1.91. The molecule has 0 aromatic carbocycles. The summed E-state index contributed by atoms with van der Waals surface area (Å²) in [6, 6.07) is 3.99. The predicted octanol–water partition coefficient (Wildman–Crippen LogP) is 3.60. The van der Waals surface area contributed by atoms with Crippen LogP contribution in [0.2, 0.25) is 0 Å². The van der Waals surface area contributed by atoms with Gasteiger partial charge in [-0.05, 0) is 19.1 Å². The van der Waals surface area contributed by atoms with Crippen LogP contribution in [0.25, 0.3) is 10.8 Å². The Kier molecular flexibility index (Phi) is 5.46. The molecule has 2 nitrogen and oxygen atoms in total. The zero-order chi connectivity index (χ0) is 9.68. The molecule has 0 aliphatic rings. The maximum absolute atomic E-state index is 4.18. The molecule has 0 aliphatic carbocycles. The third-order valence-corrected chi connectivity index (χ3v) is 1.66. The molecule has 2 heterocycles. The summed E-state index contributed by atoms with van der Waals surface area (Å²) in [6.45, 7) is 5.98. The van der Waals surface area contributed by atoms with Gasteiger partial charge in [0, 0.05) is 35.1 Å². The van der Waals surface area contributed by atoms with Gasteiger partial charge in [-0.1, -0.05) is 21.3 Å². The highest BCUT2D eigenvalue weighted by molar-refractivity contribution is 5.80. The first-order chi connectivity index (χ1) is 6.36. The van der Waals surface area contributed by atoms with E-state index in [-0.39, 0.29) is 7.43 Å². The monoisotopic (exact) mass is 190 g/mol. The third kappa shape index (κ3) is 2.80. The molecule has 0 saturated carbocycles. The molecule has 2 heteroatoms. The number of aromatic nitrogens is 2. The van der Waals surface area contributed by atoms with Crippen molar-refractivity contribution in [2.24, 2.45) is 0 Å². The molecule has 2 aromatic rings. The summed E-state index contributed by atoms with van der Waals surface area (Å²) in [5.74, 6) is 0. The average Bonchev–Trinajstić information content (AvgIpc) is 2.21. The average molecular weight is 190 g/mol. The Hall–Kier alpha value is -1.44. The molecule has 0 radical (unpaired) electrons. The summed E-state index contributed by atoms with van der Waals surface area (Å²) in [5, 5.41) is 2.30. The van der Waals surface area contributed by atoms with Crippen molar-refractivity contribution in [1.82, 2.24) is 9.97 Å². The highest BCUT2D eigenvalue weighted by atomic mass is 14.7. The topological polar surface area (TPSA) is 25.8 Å². The van der Waals surface area contributed by atoms with E-state index in [9.17, 15) is 0 Å². The molecule has 0 unspecified atom stereocenters. The van der Waals surface area contributed by atoms with Crippen molar-refractivity contribution >= 4 is 10.8 Å². The van der Waals surface area contributed by atoms with Crippen LogP contribution in [0.5, 0.6) is 0 Å². The number of aryl methyl sites for hydroxylation is 1. The van der Waals surface area contributed by atoms with Crippen molar-refractivity contribution in [3.63, 3.8) is 0 Å². The van der Waals surface area contributed by atoms with Gasteiger partial charge in [-0.25, -0.2) is 0 Å². The minimum absolute atomic E-state index is 0. The molecule has 76 valence electrons. The normalized spacial score (nSPS) is 8.50. The van der Waals surface area contributed by atoms with Gasteiger partial charge in [0.25, 0.3) is 0 Å². The van der Waals surface area contributed by atoms with Gasteiger partial charge in [-0.2, -0.15) is 0 Å². The fraction of sp³-hybridized carbons (Fsp3) is 0.333. The zero-order valence-corrected chi connectivity index (χ0v) is 8.28. The maximum Gasteiger partial charge on any atom is 0.0379 e. The summed E-state index contributed by atoms with van der Waals surface area (Å²) in [6.07, 6.45) is 5.50. The Balaban J connectivity index is 0.000000531. The molecule has 0 amide bonds. The van der Waals surface area contributed by atoms with E-state index in [0.717, 1.165) is 16.5 Å². The van der Waals surface area contributed by atoms with Crippen molar-refractivity contribution in [2.75, 3.05) is 0 Å². The van der Waals surface area contributed by atoms with Gasteiger partial charge in [0.1, 0.15) is 0 Å². The van der Waals surface area contributed by atoms with Crippen LogP contribution in [0.15, 0.2) is 30.7 Å². The molecule has 0 saturated heterocycles. The SMILES string of the molecule is C.CC.Cc1cc2cnccc2cn1. The van der Waals surface area contributed by atoms with Crippen LogP contribution in [0.4, 0.5) is 0 Å². The largest absolute Gasteiger partial charge is 0.264 e. The quantitative estimate of drug-likeness (QED) is 0.634. The number of hydrogen-bond donors (Lipinski definition) is 0. The molecule has 14 heavy (non-hydrogen) atoms. The van der Waals surface area contributed by atoms with E-state index in [2.05, 4.69) is 9.97 Å².